The average Bonchev–Trinajstić information content (AvgIpc) is 3.02. The maximum atomic E-state index is 12.3. The minimum Gasteiger partial charge on any atom is -0.497 e. The zero-order valence-electron chi connectivity index (χ0n) is 13.7. The molecule has 0 saturated heterocycles. The van der Waals surface area contributed by atoms with Crippen LogP contribution in [0.15, 0.2) is 40.7 Å². The minimum absolute atomic E-state index is 0.143. The molecular formula is C17H17N3O3S2. The van der Waals surface area contributed by atoms with Gasteiger partial charge in [-0.25, -0.2) is 4.98 Å². The summed E-state index contributed by atoms with van der Waals surface area (Å²) < 4.78 is 12.3. The van der Waals surface area contributed by atoms with Crippen molar-refractivity contribution in [2.75, 3.05) is 31.0 Å². The Morgan fingerprint density at radius 1 is 1.24 bits per heavy atom. The molecule has 1 aromatic heterocycles. The van der Waals surface area contributed by atoms with Gasteiger partial charge in [0.1, 0.15) is 11.5 Å². The number of hydrogen-bond donors (Lipinski definition) is 2. The van der Waals surface area contributed by atoms with E-state index in [2.05, 4.69) is 10.3 Å². The van der Waals surface area contributed by atoms with Crippen molar-refractivity contribution >= 4 is 50.6 Å². The monoisotopic (exact) mass is 375 g/mol. The topological polar surface area (TPSA) is 86.5 Å². The molecule has 0 aliphatic rings. The maximum Gasteiger partial charge on any atom is 0.234 e. The number of rotatable bonds is 6. The molecule has 0 aliphatic heterocycles. The van der Waals surface area contributed by atoms with E-state index in [4.69, 9.17) is 15.2 Å². The molecule has 130 valence electrons. The van der Waals surface area contributed by atoms with Crippen molar-refractivity contribution < 1.29 is 14.3 Å². The number of thioether (sulfide) groups is 1. The standard InChI is InChI=1S/C17H17N3O3S2/c1-22-11-4-6-14(23-2)13(8-11)19-16(21)9-24-17-20-12-5-3-10(18)7-15(12)25-17/h3-8H,9,18H2,1-2H3,(H,19,21). The first-order valence-electron chi connectivity index (χ1n) is 7.40. The molecule has 8 heteroatoms. The zero-order valence-corrected chi connectivity index (χ0v) is 15.4. The van der Waals surface area contributed by atoms with Crippen LogP contribution in [0.25, 0.3) is 10.2 Å². The quantitative estimate of drug-likeness (QED) is 0.505. The van der Waals surface area contributed by atoms with Crippen LogP contribution in [-0.2, 0) is 4.79 Å². The van der Waals surface area contributed by atoms with Crippen LogP contribution in [0.4, 0.5) is 11.4 Å². The molecule has 0 unspecified atom stereocenters. The number of nitrogen functional groups attached to an aromatic ring is 1. The Morgan fingerprint density at radius 3 is 2.84 bits per heavy atom. The summed E-state index contributed by atoms with van der Waals surface area (Å²) in [6.07, 6.45) is 0. The van der Waals surface area contributed by atoms with Crippen molar-refractivity contribution in [1.82, 2.24) is 4.98 Å². The fraction of sp³-hybridized carbons (Fsp3) is 0.176. The number of anilines is 2. The average molecular weight is 375 g/mol. The summed E-state index contributed by atoms with van der Waals surface area (Å²) >= 11 is 2.91. The molecule has 0 bridgehead atoms. The molecule has 3 rings (SSSR count). The number of nitrogens with zero attached hydrogens (tertiary/aromatic N) is 1. The molecule has 0 radical (unpaired) electrons. The Balaban J connectivity index is 1.66. The molecule has 0 aliphatic carbocycles. The highest BCUT2D eigenvalue weighted by molar-refractivity contribution is 8.01. The molecule has 0 fully saturated rings. The van der Waals surface area contributed by atoms with Gasteiger partial charge in [-0.15, -0.1) is 11.3 Å². The number of amides is 1. The molecule has 1 heterocycles. The smallest absolute Gasteiger partial charge is 0.234 e. The maximum absolute atomic E-state index is 12.3. The van der Waals surface area contributed by atoms with E-state index in [1.165, 1.54) is 23.1 Å². The van der Waals surface area contributed by atoms with Crippen LogP contribution >= 0.6 is 23.1 Å². The van der Waals surface area contributed by atoms with Crippen molar-refractivity contribution in [3.63, 3.8) is 0 Å². The first-order chi connectivity index (χ1) is 12.1. The number of ether oxygens (including phenoxy) is 2. The van der Waals surface area contributed by atoms with Crippen LogP contribution in [0.3, 0.4) is 0 Å². The van der Waals surface area contributed by atoms with Gasteiger partial charge in [0, 0.05) is 11.8 Å². The summed E-state index contributed by atoms with van der Waals surface area (Å²) in [5.41, 5.74) is 7.94. The third kappa shape index (κ3) is 4.15. The molecule has 25 heavy (non-hydrogen) atoms. The summed E-state index contributed by atoms with van der Waals surface area (Å²) in [5.74, 6) is 1.33. The Labute approximate surface area is 153 Å². The van der Waals surface area contributed by atoms with E-state index in [1.807, 2.05) is 18.2 Å². The second-order valence-corrected chi connectivity index (χ2v) is 7.36. The number of nitrogens with two attached hydrogens (primary N) is 1. The van der Waals surface area contributed by atoms with Crippen molar-refractivity contribution in [2.24, 2.45) is 0 Å². The molecule has 1 amide bonds. The Kier molecular flexibility index (Phi) is 5.30. The lowest BCUT2D eigenvalue weighted by Gasteiger charge is -2.11. The van der Waals surface area contributed by atoms with E-state index in [0.717, 1.165) is 14.6 Å². The highest BCUT2D eigenvalue weighted by Gasteiger charge is 2.11. The van der Waals surface area contributed by atoms with Crippen molar-refractivity contribution in [3.05, 3.63) is 36.4 Å². The number of hydrogen-bond acceptors (Lipinski definition) is 7. The van der Waals surface area contributed by atoms with Gasteiger partial charge in [0.05, 0.1) is 35.9 Å². The van der Waals surface area contributed by atoms with Gasteiger partial charge in [0.2, 0.25) is 5.91 Å². The molecule has 0 atom stereocenters. The number of nitrogens with one attached hydrogen (secondary N) is 1. The Hall–Kier alpha value is -2.45. The first kappa shape index (κ1) is 17.4. The number of fused-ring (bicyclic) bond motifs is 1. The second kappa shape index (κ2) is 7.62. The van der Waals surface area contributed by atoms with E-state index in [9.17, 15) is 4.79 Å². The Morgan fingerprint density at radius 2 is 2.08 bits per heavy atom. The van der Waals surface area contributed by atoms with Crippen LogP contribution in [0.2, 0.25) is 0 Å². The summed E-state index contributed by atoms with van der Waals surface area (Å²) in [4.78, 5) is 16.7. The molecule has 3 aromatic rings. The van der Waals surface area contributed by atoms with Crippen LogP contribution in [0.1, 0.15) is 0 Å². The van der Waals surface area contributed by atoms with E-state index in [-0.39, 0.29) is 11.7 Å². The second-order valence-electron chi connectivity index (χ2n) is 5.11. The largest absolute Gasteiger partial charge is 0.497 e. The molecule has 0 saturated carbocycles. The van der Waals surface area contributed by atoms with Gasteiger partial charge in [0.25, 0.3) is 0 Å². The summed E-state index contributed by atoms with van der Waals surface area (Å²) in [6, 6.07) is 10.8. The lowest BCUT2D eigenvalue weighted by atomic mass is 10.2. The Bertz CT molecular complexity index is 911. The van der Waals surface area contributed by atoms with Gasteiger partial charge >= 0.3 is 0 Å². The number of methoxy groups -OCH3 is 2. The molecular weight excluding hydrogens is 358 g/mol. The third-order valence-corrected chi connectivity index (χ3v) is 5.56. The predicted molar refractivity (Wildman–Crippen MR) is 103 cm³/mol. The van der Waals surface area contributed by atoms with Gasteiger partial charge in [-0.3, -0.25) is 4.79 Å². The molecule has 0 spiro atoms. The fourth-order valence-electron chi connectivity index (χ4n) is 2.21. The summed E-state index contributed by atoms with van der Waals surface area (Å²) in [7, 11) is 3.13. The number of aromatic nitrogens is 1. The zero-order chi connectivity index (χ0) is 17.8. The van der Waals surface area contributed by atoms with Gasteiger partial charge in [-0.2, -0.15) is 0 Å². The SMILES string of the molecule is COc1ccc(OC)c(NC(=O)CSc2nc3ccc(N)cc3s2)c1. The number of carbonyl (C=O) groups is 1. The highest BCUT2D eigenvalue weighted by atomic mass is 32.2. The molecule has 6 nitrogen and oxygen atoms in total. The lowest BCUT2D eigenvalue weighted by molar-refractivity contribution is -0.113. The van der Waals surface area contributed by atoms with Crippen molar-refractivity contribution in [3.8, 4) is 11.5 Å². The van der Waals surface area contributed by atoms with E-state index >= 15 is 0 Å². The predicted octanol–water partition coefficient (Wildman–Crippen LogP) is 3.63. The summed E-state index contributed by atoms with van der Waals surface area (Å²) in [6.45, 7) is 0. The van der Waals surface area contributed by atoms with Crippen molar-refractivity contribution in [1.29, 1.82) is 0 Å². The van der Waals surface area contributed by atoms with Gasteiger partial charge in [-0.05, 0) is 30.3 Å². The minimum atomic E-state index is -0.143. The van der Waals surface area contributed by atoms with E-state index in [0.29, 0.717) is 22.9 Å². The third-order valence-electron chi connectivity index (χ3n) is 3.40. The van der Waals surface area contributed by atoms with Crippen LogP contribution in [0, 0.1) is 0 Å². The lowest BCUT2D eigenvalue weighted by Crippen LogP contribution is -2.14. The van der Waals surface area contributed by atoms with Gasteiger partial charge < -0.3 is 20.5 Å². The first-order valence-corrected chi connectivity index (χ1v) is 9.20. The van der Waals surface area contributed by atoms with Crippen LogP contribution < -0.4 is 20.5 Å². The summed E-state index contributed by atoms with van der Waals surface area (Å²) in [5, 5.41) is 2.84. The molecule has 3 N–H and O–H groups in total. The highest BCUT2D eigenvalue weighted by Crippen LogP contribution is 2.32. The van der Waals surface area contributed by atoms with Crippen molar-refractivity contribution in [2.45, 2.75) is 4.34 Å². The molecule has 2 aromatic carbocycles. The fourth-order valence-corrected chi connectivity index (χ4v) is 4.12. The van der Waals surface area contributed by atoms with Gasteiger partial charge in [-0.1, -0.05) is 11.8 Å². The van der Waals surface area contributed by atoms with Crippen LogP contribution in [-0.4, -0.2) is 30.9 Å². The number of carbonyl (C=O) groups excluding carboxylic acids is 1. The van der Waals surface area contributed by atoms with E-state index in [1.54, 1.807) is 32.4 Å². The van der Waals surface area contributed by atoms with Crippen LogP contribution in [0.5, 0.6) is 11.5 Å². The number of benzene rings is 2. The normalized spacial score (nSPS) is 10.6. The number of thiazole rings is 1. The van der Waals surface area contributed by atoms with Gasteiger partial charge in [0.15, 0.2) is 4.34 Å². The van der Waals surface area contributed by atoms with E-state index < -0.39 is 0 Å².